The van der Waals surface area contributed by atoms with Crippen molar-refractivity contribution in [2.45, 2.75) is 103 Å². The quantitative estimate of drug-likeness (QED) is 0.175. The lowest BCUT2D eigenvalue weighted by molar-refractivity contribution is -0.136. The molecule has 0 fully saturated rings. The maximum Gasteiger partial charge on any atom is 0.246 e. The zero-order valence-electron chi connectivity index (χ0n) is 29.3. The Morgan fingerprint density at radius 3 is 1.98 bits per heavy atom. The fraction of sp³-hybridized carbons (Fsp3) is 0.606. The topological polar surface area (TPSA) is 257 Å². The number of carbonyl (C=O) groups excluding carboxylic acids is 7. The van der Waals surface area contributed by atoms with Crippen LogP contribution in [0.4, 0.5) is 0 Å². The van der Waals surface area contributed by atoms with E-state index in [0.29, 0.717) is 22.1 Å². The minimum Gasteiger partial charge on any atom is -0.370 e. The number of hydrogen-bond donors (Lipinski definition) is 7. The van der Waals surface area contributed by atoms with E-state index >= 15 is 0 Å². The van der Waals surface area contributed by atoms with Gasteiger partial charge in [-0.3, -0.25) is 43.5 Å². The second-order valence-electron chi connectivity index (χ2n) is 13.7. The van der Waals surface area contributed by atoms with Crippen molar-refractivity contribution in [1.82, 2.24) is 31.6 Å². The van der Waals surface area contributed by atoms with Gasteiger partial charge in [0.05, 0.1) is 5.69 Å². The molecule has 1 aromatic heterocycles. The monoisotopic (exact) mass is 715 g/mol. The molecule has 3 rings (SSSR count). The van der Waals surface area contributed by atoms with E-state index in [1.165, 1.54) is 18.0 Å². The fourth-order valence-corrected chi connectivity index (χ4v) is 6.45. The van der Waals surface area contributed by atoms with Gasteiger partial charge in [0, 0.05) is 24.8 Å². The average molecular weight is 716 g/mol. The number of nitrogens with two attached hydrogens (primary N) is 2. The van der Waals surface area contributed by atoms with E-state index in [0.717, 1.165) is 0 Å². The molecule has 50 heavy (non-hydrogen) atoms. The Balaban J connectivity index is 2.07. The number of thioether (sulfide) groups is 1. The summed E-state index contributed by atoms with van der Waals surface area (Å²) in [6, 6.07) is -3.26. The van der Waals surface area contributed by atoms with Crippen molar-refractivity contribution in [3.8, 4) is 0 Å². The van der Waals surface area contributed by atoms with Crippen LogP contribution in [-0.2, 0) is 40.0 Å². The van der Waals surface area contributed by atoms with E-state index in [1.807, 2.05) is 13.8 Å². The van der Waals surface area contributed by atoms with E-state index in [4.69, 9.17) is 11.5 Å². The summed E-state index contributed by atoms with van der Waals surface area (Å²) in [5.41, 5.74) is 12.0. The highest BCUT2D eigenvalue weighted by Crippen LogP contribution is 2.24. The van der Waals surface area contributed by atoms with Crippen molar-refractivity contribution in [2.24, 2.45) is 34.2 Å². The Hall–Kier alpha value is -4.54. The normalized spacial score (nSPS) is 25.8. The molecule has 0 saturated carbocycles. The van der Waals surface area contributed by atoms with Crippen molar-refractivity contribution in [3.63, 3.8) is 0 Å². The highest BCUT2D eigenvalue weighted by atomic mass is 32.2. The predicted molar refractivity (Wildman–Crippen MR) is 187 cm³/mol. The number of nitrogens with zero attached hydrogens (tertiary/aromatic N) is 2. The molecule has 0 aliphatic carbocycles. The minimum absolute atomic E-state index is 0.0389. The summed E-state index contributed by atoms with van der Waals surface area (Å²) in [5, 5.41) is 13.9. The predicted octanol–water partition coefficient (Wildman–Crippen LogP) is -0.967. The molecule has 0 saturated heterocycles. The van der Waals surface area contributed by atoms with Crippen molar-refractivity contribution >= 4 is 58.2 Å². The average Bonchev–Trinajstić information content (AvgIpc) is 3.53. The number of primary amides is 2. The maximum atomic E-state index is 13.7. The third-order valence-corrected chi connectivity index (χ3v) is 9.31. The van der Waals surface area contributed by atoms with Gasteiger partial charge < -0.3 is 38.1 Å². The van der Waals surface area contributed by atoms with Crippen LogP contribution in [0.25, 0.3) is 0 Å². The maximum absolute atomic E-state index is 13.7. The van der Waals surface area contributed by atoms with Gasteiger partial charge in [0.1, 0.15) is 41.3 Å². The molecule has 3 heterocycles. The van der Waals surface area contributed by atoms with Gasteiger partial charge in [0.15, 0.2) is 0 Å². The number of pyridine rings is 1. The Morgan fingerprint density at radius 2 is 1.40 bits per heavy atom. The summed E-state index contributed by atoms with van der Waals surface area (Å²) in [7, 11) is 0. The van der Waals surface area contributed by atoms with Crippen LogP contribution in [0.2, 0.25) is 0 Å². The van der Waals surface area contributed by atoms with Crippen molar-refractivity contribution in [2.75, 3.05) is 5.75 Å². The van der Waals surface area contributed by atoms with Crippen LogP contribution in [0.15, 0.2) is 23.3 Å². The van der Waals surface area contributed by atoms with Crippen LogP contribution in [-0.4, -0.2) is 93.4 Å². The summed E-state index contributed by atoms with van der Waals surface area (Å²) in [4.78, 5) is 101. The summed E-state index contributed by atoms with van der Waals surface area (Å²) < 4.78 is 0. The zero-order chi connectivity index (χ0) is 37.3. The van der Waals surface area contributed by atoms with Crippen LogP contribution in [0.1, 0.15) is 72.1 Å². The molecule has 6 atom stereocenters. The lowest BCUT2D eigenvalue weighted by Gasteiger charge is -2.29. The molecule has 2 aliphatic heterocycles. The molecule has 0 spiro atoms. The van der Waals surface area contributed by atoms with Crippen LogP contribution >= 0.6 is 11.8 Å². The largest absolute Gasteiger partial charge is 0.370 e. The number of nitrogens with one attached hydrogen (secondary N) is 5. The van der Waals surface area contributed by atoms with Crippen molar-refractivity contribution < 1.29 is 33.6 Å². The molecule has 2 aliphatic rings. The lowest BCUT2D eigenvalue weighted by atomic mass is 9.97. The van der Waals surface area contributed by atoms with Gasteiger partial charge in [0.25, 0.3) is 0 Å². The van der Waals surface area contributed by atoms with E-state index in [1.54, 1.807) is 39.8 Å². The van der Waals surface area contributed by atoms with Gasteiger partial charge >= 0.3 is 0 Å². The Kier molecular flexibility index (Phi) is 14.3. The first-order valence-electron chi connectivity index (χ1n) is 16.7. The summed E-state index contributed by atoms with van der Waals surface area (Å²) in [5.74, 6) is -5.32. The summed E-state index contributed by atoms with van der Waals surface area (Å²) in [6.45, 7) is 10.7. The molecule has 4 bridgehead atoms. The van der Waals surface area contributed by atoms with Gasteiger partial charge in [-0.15, -0.1) is 11.8 Å². The number of fused-ring (bicyclic) bond motifs is 4. The number of rotatable bonds is 8. The van der Waals surface area contributed by atoms with E-state index in [9.17, 15) is 33.6 Å². The van der Waals surface area contributed by atoms with Crippen LogP contribution in [0.5, 0.6) is 0 Å². The van der Waals surface area contributed by atoms with Crippen LogP contribution in [0.3, 0.4) is 0 Å². The first-order valence-corrected chi connectivity index (χ1v) is 17.7. The van der Waals surface area contributed by atoms with Gasteiger partial charge in [-0.25, -0.2) is 0 Å². The van der Waals surface area contributed by atoms with Gasteiger partial charge in [-0.05, 0) is 48.3 Å². The molecule has 0 unspecified atom stereocenters. The van der Waals surface area contributed by atoms with Crippen molar-refractivity contribution in [1.29, 1.82) is 0 Å². The Bertz CT molecular complexity index is 1500. The second-order valence-corrected chi connectivity index (χ2v) is 14.7. The summed E-state index contributed by atoms with van der Waals surface area (Å²) >= 11 is 1.30. The third kappa shape index (κ3) is 11.2. The lowest BCUT2D eigenvalue weighted by Crippen LogP contribution is -2.61. The van der Waals surface area contributed by atoms with Gasteiger partial charge in [-0.2, -0.15) is 0 Å². The SMILES string of the molecule is CC(C)C[C@@H]1NC(=O)[C@H](C(C)C)NC(=O)[C@H](C(C)C)NC(=O)[C@@H]2CSC(=N2)c2cc(ccn2)C[C@@H](C(N)=O)NC(=O)[C@H](CCC(N)=O)NC1=O. The highest BCUT2D eigenvalue weighted by Gasteiger charge is 2.36. The van der Waals surface area contributed by atoms with Gasteiger partial charge in [-0.1, -0.05) is 41.5 Å². The first kappa shape index (κ1) is 39.9. The Morgan fingerprint density at radius 1 is 0.820 bits per heavy atom. The standard InChI is InChI=1S/C33H49N9O7S/c1-15(2)11-21-29(46)37-19(7-8-24(34)43)28(45)38-20(27(35)44)12-18-9-10-36-22(13-18)33-40-23(14-50-33)30(47)41-26(17(5)6)32(49)42-25(16(3)4)31(48)39-21/h9-10,13,15-17,19-21,23,25-26H,7-8,11-12,14H2,1-6H3,(H2,34,43)(H2,35,44)(H,37,46)(H,38,45)(H,39,48)(H,41,47)(H,42,49)/t19-,20-,21-,23-,25-,26-/m0/s1. The van der Waals surface area contributed by atoms with Gasteiger partial charge in [0.2, 0.25) is 41.4 Å². The molecule has 1 aromatic rings. The number of aromatic nitrogens is 1. The third-order valence-electron chi connectivity index (χ3n) is 8.24. The molecule has 0 aromatic carbocycles. The highest BCUT2D eigenvalue weighted by molar-refractivity contribution is 8.14. The van der Waals surface area contributed by atoms with Crippen molar-refractivity contribution in [3.05, 3.63) is 29.6 Å². The molecule has 9 N–H and O–H groups in total. The number of aliphatic imine (C=N–C) groups is 1. The fourth-order valence-electron chi connectivity index (χ4n) is 5.45. The number of amides is 7. The minimum atomic E-state index is -1.31. The number of carbonyl (C=O) groups is 7. The number of hydrogen-bond acceptors (Lipinski definition) is 10. The summed E-state index contributed by atoms with van der Waals surface area (Å²) in [6.07, 6.45) is 1.18. The smallest absolute Gasteiger partial charge is 0.246 e. The molecule has 16 nitrogen and oxygen atoms in total. The van der Waals surface area contributed by atoms with Crippen LogP contribution in [0, 0.1) is 17.8 Å². The van der Waals surface area contributed by atoms with E-state index in [-0.39, 0.29) is 37.5 Å². The second kappa shape index (κ2) is 17.9. The molecule has 274 valence electrons. The van der Waals surface area contributed by atoms with E-state index in [2.05, 4.69) is 36.6 Å². The molecular formula is C33H49N9O7S. The first-order chi connectivity index (χ1) is 23.5. The zero-order valence-corrected chi connectivity index (χ0v) is 30.1. The molecule has 17 heteroatoms. The molecule has 7 amide bonds. The molecule has 0 radical (unpaired) electrons. The Labute approximate surface area is 295 Å². The van der Waals surface area contributed by atoms with E-state index < -0.39 is 83.5 Å². The molecular weight excluding hydrogens is 666 g/mol. The van der Waals surface area contributed by atoms with Crippen LogP contribution < -0.4 is 38.1 Å².